The Morgan fingerprint density at radius 2 is 2.11 bits per heavy atom. The van der Waals surface area contributed by atoms with Crippen LogP contribution in [0.15, 0.2) is 41.7 Å². The van der Waals surface area contributed by atoms with Crippen molar-refractivity contribution in [3.63, 3.8) is 0 Å². The van der Waals surface area contributed by atoms with E-state index in [1.807, 2.05) is 36.7 Å². The summed E-state index contributed by atoms with van der Waals surface area (Å²) in [6.07, 6.45) is 3.78. The summed E-state index contributed by atoms with van der Waals surface area (Å²) in [4.78, 5) is 10.7. The highest BCUT2D eigenvalue weighted by Crippen LogP contribution is 2.36. The summed E-state index contributed by atoms with van der Waals surface area (Å²) >= 11 is 3.10. The van der Waals surface area contributed by atoms with Crippen molar-refractivity contribution in [2.75, 3.05) is 6.26 Å². The van der Waals surface area contributed by atoms with Crippen LogP contribution in [0.25, 0.3) is 20.7 Å². The van der Waals surface area contributed by atoms with Crippen molar-refractivity contribution in [2.45, 2.75) is 5.16 Å². The molecule has 1 N–H and O–H groups in total. The molecule has 0 aliphatic heterocycles. The number of hydrogen-bond donors (Lipinski definition) is 1. The van der Waals surface area contributed by atoms with Gasteiger partial charge in [-0.3, -0.25) is 0 Å². The number of nitrogens with zero attached hydrogens (tertiary/aromatic N) is 2. The van der Waals surface area contributed by atoms with Crippen molar-refractivity contribution < 1.29 is 5.11 Å². The van der Waals surface area contributed by atoms with Gasteiger partial charge < -0.3 is 5.11 Å². The molecule has 18 heavy (non-hydrogen) atoms. The van der Waals surface area contributed by atoms with Crippen LogP contribution in [0.1, 0.15) is 0 Å². The van der Waals surface area contributed by atoms with Crippen molar-refractivity contribution in [1.82, 2.24) is 9.97 Å². The zero-order chi connectivity index (χ0) is 12.5. The zero-order valence-electron chi connectivity index (χ0n) is 9.62. The quantitative estimate of drug-likeness (QED) is 0.570. The molecule has 0 aliphatic rings. The molecule has 90 valence electrons. The summed E-state index contributed by atoms with van der Waals surface area (Å²) in [5.74, 6) is 0.294. The Bertz CT molecular complexity index is 709. The fourth-order valence-corrected chi connectivity index (χ4v) is 3.17. The minimum atomic E-state index is 0.294. The van der Waals surface area contributed by atoms with E-state index in [0.717, 1.165) is 25.8 Å². The number of hydrogen-bond acceptors (Lipinski definition) is 5. The average Bonchev–Trinajstić information content (AvgIpc) is 2.81. The predicted molar refractivity (Wildman–Crippen MR) is 76.3 cm³/mol. The molecule has 0 atom stereocenters. The van der Waals surface area contributed by atoms with Crippen LogP contribution in [0, 0.1) is 0 Å². The first kappa shape index (κ1) is 11.5. The number of thioether (sulfide) groups is 1. The number of phenols is 1. The van der Waals surface area contributed by atoms with Gasteiger partial charge in [0.2, 0.25) is 0 Å². The Morgan fingerprint density at radius 3 is 2.89 bits per heavy atom. The molecule has 0 saturated heterocycles. The summed E-state index contributed by atoms with van der Waals surface area (Å²) in [5, 5.41) is 11.6. The van der Waals surface area contributed by atoms with Crippen molar-refractivity contribution in [3.05, 3.63) is 36.5 Å². The summed E-state index contributed by atoms with van der Waals surface area (Å²) in [5.41, 5.74) is 0.839. The largest absolute Gasteiger partial charge is 0.507 e. The molecule has 0 aliphatic carbocycles. The first-order valence-corrected chi connectivity index (χ1v) is 7.41. The summed E-state index contributed by atoms with van der Waals surface area (Å²) in [6, 6.07) is 9.34. The predicted octanol–water partition coefficient (Wildman–Crippen LogP) is 3.79. The first-order valence-electron chi connectivity index (χ1n) is 5.37. The number of para-hydroxylation sites is 1. The highest BCUT2D eigenvalue weighted by Gasteiger charge is 2.09. The van der Waals surface area contributed by atoms with Crippen molar-refractivity contribution in [2.24, 2.45) is 0 Å². The molecule has 0 bridgehead atoms. The van der Waals surface area contributed by atoms with Gasteiger partial charge in [-0.1, -0.05) is 23.9 Å². The van der Waals surface area contributed by atoms with Crippen LogP contribution >= 0.6 is 23.1 Å². The lowest BCUT2D eigenvalue weighted by molar-refractivity contribution is 0.477. The molecule has 0 unspecified atom stereocenters. The van der Waals surface area contributed by atoms with E-state index in [2.05, 4.69) is 9.97 Å². The normalized spacial score (nSPS) is 10.9. The van der Waals surface area contributed by atoms with Crippen LogP contribution < -0.4 is 0 Å². The summed E-state index contributed by atoms with van der Waals surface area (Å²) in [6.45, 7) is 0. The van der Waals surface area contributed by atoms with E-state index in [4.69, 9.17) is 0 Å². The van der Waals surface area contributed by atoms with E-state index >= 15 is 0 Å². The number of phenolic OH excluding ortho intramolecular Hbond substituents is 1. The van der Waals surface area contributed by atoms with E-state index < -0.39 is 0 Å². The Labute approximate surface area is 113 Å². The van der Waals surface area contributed by atoms with Crippen molar-refractivity contribution in [1.29, 1.82) is 0 Å². The molecule has 0 fully saturated rings. The van der Waals surface area contributed by atoms with Crippen LogP contribution in [0.2, 0.25) is 0 Å². The molecule has 1 aromatic carbocycles. The number of aromatic hydroxyl groups is 1. The highest BCUT2D eigenvalue weighted by molar-refractivity contribution is 7.98. The number of aromatic nitrogens is 2. The van der Waals surface area contributed by atoms with Crippen LogP contribution in [0.3, 0.4) is 0 Å². The molecule has 0 amide bonds. The molecule has 2 heterocycles. The van der Waals surface area contributed by atoms with Gasteiger partial charge in [0.25, 0.3) is 0 Å². The van der Waals surface area contributed by atoms with Gasteiger partial charge in [-0.25, -0.2) is 9.97 Å². The van der Waals surface area contributed by atoms with Crippen LogP contribution in [-0.2, 0) is 0 Å². The number of rotatable bonds is 2. The lowest BCUT2D eigenvalue weighted by Crippen LogP contribution is -1.81. The first-order chi connectivity index (χ1) is 8.78. The van der Waals surface area contributed by atoms with E-state index in [-0.39, 0.29) is 0 Å². The van der Waals surface area contributed by atoms with Gasteiger partial charge in [0, 0.05) is 22.0 Å². The van der Waals surface area contributed by atoms with E-state index in [1.165, 1.54) is 11.8 Å². The maximum absolute atomic E-state index is 9.86. The van der Waals surface area contributed by atoms with E-state index in [0.29, 0.717) is 5.75 Å². The van der Waals surface area contributed by atoms with Gasteiger partial charge in [-0.2, -0.15) is 0 Å². The number of fused-ring (bicyclic) bond motifs is 1. The molecule has 3 rings (SSSR count). The fraction of sp³-hybridized carbons (Fsp3) is 0.0769. The zero-order valence-corrected chi connectivity index (χ0v) is 11.3. The third-order valence-corrected chi connectivity index (χ3v) is 4.24. The third kappa shape index (κ3) is 1.95. The van der Waals surface area contributed by atoms with Crippen molar-refractivity contribution in [3.8, 4) is 16.2 Å². The SMILES string of the molecule is CSc1ncc2cc(-c3ccccc3O)sc2n1. The number of thiophene rings is 1. The average molecular weight is 274 g/mol. The standard InChI is InChI=1S/C13H10N2OS2/c1-17-13-14-7-8-6-11(18-12(8)15-13)9-4-2-3-5-10(9)16/h2-7,16H,1H3. The summed E-state index contributed by atoms with van der Waals surface area (Å²) in [7, 11) is 0. The minimum Gasteiger partial charge on any atom is -0.507 e. The van der Waals surface area contributed by atoms with Crippen molar-refractivity contribution >= 4 is 33.3 Å². The van der Waals surface area contributed by atoms with Gasteiger partial charge in [0.05, 0.1) is 0 Å². The molecule has 2 aromatic heterocycles. The van der Waals surface area contributed by atoms with Gasteiger partial charge in [0.1, 0.15) is 10.6 Å². The highest BCUT2D eigenvalue weighted by atomic mass is 32.2. The smallest absolute Gasteiger partial charge is 0.188 e. The molecular weight excluding hydrogens is 264 g/mol. The van der Waals surface area contributed by atoms with Crippen LogP contribution in [0.4, 0.5) is 0 Å². The third-order valence-electron chi connectivity index (χ3n) is 2.60. The minimum absolute atomic E-state index is 0.294. The molecule has 0 radical (unpaired) electrons. The van der Waals surface area contributed by atoms with Crippen LogP contribution in [0.5, 0.6) is 5.75 Å². The second-order valence-corrected chi connectivity index (χ2v) is 5.55. The molecule has 0 spiro atoms. The monoisotopic (exact) mass is 274 g/mol. The fourth-order valence-electron chi connectivity index (χ4n) is 1.73. The van der Waals surface area contributed by atoms with E-state index in [1.54, 1.807) is 17.4 Å². The molecule has 3 nitrogen and oxygen atoms in total. The molecule has 0 saturated carbocycles. The molecule has 5 heteroatoms. The van der Waals surface area contributed by atoms with Gasteiger partial charge in [0.15, 0.2) is 5.16 Å². The lowest BCUT2D eigenvalue weighted by atomic mass is 10.1. The number of benzene rings is 1. The van der Waals surface area contributed by atoms with Gasteiger partial charge in [-0.05, 0) is 24.5 Å². The summed E-state index contributed by atoms with van der Waals surface area (Å²) < 4.78 is 0. The van der Waals surface area contributed by atoms with Gasteiger partial charge in [-0.15, -0.1) is 11.3 Å². The lowest BCUT2D eigenvalue weighted by Gasteiger charge is -1.99. The van der Waals surface area contributed by atoms with Gasteiger partial charge >= 0.3 is 0 Å². The second-order valence-electron chi connectivity index (χ2n) is 3.74. The second kappa shape index (κ2) is 4.59. The molecule has 3 aromatic rings. The van der Waals surface area contributed by atoms with Crippen LogP contribution in [-0.4, -0.2) is 21.3 Å². The maximum atomic E-state index is 9.86. The Hall–Kier alpha value is -1.59. The Morgan fingerprint density at radius 1 is 1.28 bits per heavy atom. The Kier molecular flexibility index (Phi) is 2.93. The molecular formula is C13H10N2OS2. The Balaban J connectivity index is 2.17. The topological polar surface area (TPSA) is 46.0 Å². The van der Waals surface area contributed by atoms with E-state index in [9.17, 15) is 5.11 Å². The maximum Gasteiger partial charge on any atom is 0.188 e.